The summed E-state index contributed by atoms with van der Waals surface area (Å²) in [5.74, 6) is 0.0194. The molecule has 0 fully saturated rings. The fourth-order valence-corrected chi connectivity index (χ4v) is 2.24. The molecular formula is C17H20N2O2. The van der Waals surface area contributed by atoms with Gasteiger partial charge in [0.1, 0.15) is 5.75 Å². The molecule has 0 aliphatic carbocycles. The van der Waals surface area contributed by atoms with Gasteiger partial charge in [-0.1, -0.05) is 36.4 Å². The van der Waals surface area contributed by atoms with Gasteiger partial charge in [-0.2, -0.15) is 0 Å². The maximum absolute atomic E-state index is 12.7. The van der Waals surface area contributed by atoms with Gasteiger partial charge < -0.3 is 15.7 Å². The van der Waals surface area contributed by atoms with Crippen molar-refractivity contribution in [2.24, 2.45) is 5.73 Å². The molecule has 4 heteroatoms. The molecule has 0 unspecified atom stereocenters. The third kappa shape index (κ3) is 3.61. The zero-order valence-corrected chi connectivity index (χ0v) is 12.1. The largest absolute Gasteiger partial charge is 0.508 e. The number of rotatable bonds is 5. The van der Waals surface area contributed by atoms with E-state index in [-0.39, 0.29) is 11.7 Å². The molecule has 110 valence electrons. The van der Waals surface area contributed by atoms with Gasteiger partial charge >= 0.3 is 0 Å². The molecule has 0 spiro atoms. The van der Waals surface area contributed by atoms with E-state index < -0.39 is 0 Å². The van der Waals surface area contributed by atoms with Crippen molar-refractivity contribution in [1.82, 2.24) is 4.90 Å². The smallest absolute Gasteiger partial charge is 0.254 e. The molecule has 2 aromatic carbocycles. The van der Waals surface area contributed by atoms with Crippen LogP contribution in [0.15, 0.2) is 48.5 Å². The van der Waals surface area contributed by atoms with Crippen LogP contribution >= 0.6 is 0 Å². The fourth-order valence-electron chi connectivity index (χ4n) is 2.24. The van der Waals surface area contributed by atoms with Crippen LogP contribution in [0.4, 0.5) is 0 Å². The number of phenols is 1. The maximum atomic E-state index is 12.7. The number of nitrogens with zero attached hydrogens (tertiary/aromatic N) is 1. The van der Waals surface area contributed by atoms with Crippen molar-refractivity contribution in [2.45, 2.75) is 13.5 Å². The highest BCUT2D eigenvalue weighted by Gasteiger charge is 2.18. The molecule has 0 saturated carbocycles. The van der Waals surface area contributed by atoms with E-state index in [4.69, 9.17) is 5.73 Å². The van der Waals surface area contributed by atoms with Gasteiger partial charge in [-0.05, 0) is 24.6 Å². The number of amides is 1. The van der Waals surface area contributed by atoms with Crippen molar-refractivity contribution in [2.75, 3.05) is 13.1 Å². The first kappa shape index (κ1) is 15.1. The summed E-state index contributed by atoms with van der Waals surface area (Å²) in [6.45, 7) is 3.12. The van der Waals surface area contributed by atoms with E-state index in [0.29, 0.717) is 30.8 Å². The molecule has 0 saturated heterocycles. The van der Waals surface area contributed by atoms with Gasteiger partial charge in [0, 0.05) is 30.8 Å². The molecule has 4 nitrogen and oxygen atoms in total. The van der Waals surface area contributed by atoms with E-state index in [9.17, 15) is 9.90 Å². The van der Waals surface area contributed by atoms with Crippen LogP contribution in [-0.2, 0) is 6.54 Å². The monoisotopic (exact) mass is 284 g/mol. The Labute approximate surface area is 124 Å². The van der Waals surface area contributed by atoms with Crippen molar-refractivity contribution in [3.63, 3.8) is 0 Å². The highest BCUT2D eigenvalue weighted by Crippen LogP contribution is 2.21. The fraction of sp³-hybridized carbons (Fsp3) is 0.235. The normalized spacial score (nSPS) is 10.4. The van der Waals surface area contributed by atoms with E-state index in [0.717, 1.165) is 5.56 Å². The van der Waals surface area contributed by atoms with Gasteiger partial charge in [-0.15, -0.1) is 0 Å². The van der Waals surface area contributed by atoms with Crippen LogP contribution in [0.2, 0.25) is 0 Å². The van der Waals surface area contributed by atoms with Crippen molar-refractivity contribution in [1.29, 1.82) is 0 Å². The number of benzene rings is 2. The summed E-state index contributed by atoms with van der Waals surface area (Å²) >= 11 is 0. The summed E-state index contributed by atoms with van der Waals surface area (Å²) < 4.78 is 0. The Morgan fingerprint density at radius 1 is 1.14 bits per heavy atom. The van der Waals surface area contributed by atoms with Gasteiger partial charge in [0.2, 0.25) is 0 Å². The average molecular weight is 284 g/mol. The van der Waals surface area contributed by atoms with Crippen LogP contribution in [0.1, 0.15) is 21.5 Å². The third-order valence-electron chi connectivity index (χ3n) is 3.44. The molecule has 0 bridgehead atoms. The van der Waals surface area contributed by atoms with Crippen LogP contribution in [0.5, 0.6) is 5.75 Å². The minimum Gasteiger partial charge on any atom is -0.508 e. The summed E-state index contributed by atoms with van der Waals surface area (Å²) in [7, 11) is 0. The van der Waals surface area contributed by atoms with Gasteiger partial charge in [-0.3, -0.25) is 4.79 Å². The highest BCUT2D eigenvalue weighted by molar-refractivity contribution is 5.96. The lowest BCUT2D eigenvalue weighted by Gasteiger charge is -2.23. The minimum absolute atomic E-state index is 0.113. The molecular weight excluding hydrogens is 264 g/mol. The Morgan fingerprint density at radius 2 is 1.86 bits per heavy atom. The SMILES string of the molecule is Cc1c(O)cccc1C(=O)N(CCN)Cc1ccccc1. The Morgan fingerprint density at radius 3 is 2.52 bits per heavy atom. The third-order valence-corrected chi connectivity index (χ3v) is 3.44. The van der Waals surface area contributed by atoms with E-state index in [2.05, 4.69) is 0 Å². The van der Waals surface area contributed by atoms with Crippen LogP contribution in [-0.4, -0.2) is 29.0 Å². The maximum Gasteiger partial charge on any atom is 0.254 e. The van der Waals surface area contributed by atoms with E-state index >= 15 is 0 Å². The van der Waals surface area contributed by atoms with E-state index in [1.165, 1.54) is 0 Å². The zero-order valence-electron chi connectivity index (χ0n) is 12.1. The van der Waals surface area contributed by atoms with Crippen LogP contribution in [0.25, 0.3) is 0 Å². The minimum atomic E-state index is -0.113. The Bertz CT molecular complexity index is 611. The molecule has 0 heterocycles. The summed E-state index contributed by atoms with van der Waals surface area (Å²) in [5, 5.41) is 9.75. The summed E-state index contributed by atoms with van der Waals surface area (Å²) in [6.07, 6.45) is 0. The molecule has 0 aromatic heterocycles. The molecule has 0 radical (unpaired) electrons. The summed E-state index contributed by atoms with van der Waals surface area (Å²) in [4.78, 5) is 14.4. The molecule has 0 aliphatic heterocycles. The highest BCUT2D eigenvalue weighted by atomic mass is 16.3. The van der Waals surface area contributed by atoms with Gasteiger partial charge in [0.15, 0.2) is 0 Å². The molecule has 2 rings (SSSR count). The van der Waals surface area contributed by atoms with Gasteiger partial charge in [0.25, 0.3) is 5.91 Å². The van der Waals surface area contributed by atoms with Crippen LogP contribution in [0, 0.1) is 6.92 Å². The Kier molecular flexibility index (Phi) is 4.95. The molecule has 2 aromatic rings. The number of hydrogen-bond acceptors (Lipinski definition) is 3. The Hall–Kier alpha value is -2.33. The standard InChI is InChI=1S/C17H20N2O2/c1-13-15(8-5-9-16(13)20)17(21)19(11-10-18)12-14-6-3-2-4-7-14/h2-9,20H,10-12,18H2,1H3. The zero-order chi connectivity index (χ0) is 15.2. The number of nitrogens with two attached hydrogens (primary N) is 1. The lowest BCUT2D eigenvalue weighted by Crippen LogP contribution is -2.35. The second kappa shape index (κ2) is 6.90. The lowest BCUT2D eigenvalue weighted by atomic mass is 10.1. The van der Waals surface area contributed by atoms with Crippen LogP contribution < -0.4 is 5.73 Å². The molecule has 0 atom stereocenters. The van der Waals surface area contributed by atoms with E-state index in [1.54, 1.807) is 30.0 Å². The number of hydrogen-bond donors (Lipinski definition) is 2. The molecule has 21 heavy (non-hydrogen) atoms. The molecule has 0 aliphatic rings. The number of carbonyl (C=O) groups is 1. The van der Waals surface area contributed by atoms with Gasteiger partial charge in [0.05, 0.1) is 0 Å². The van der Waals surface area contributed by atoms with Crippen LogP contribution in [0.3, 0.4) is 0 Å². The number of phenolic OH excluding ortho intramolecular Hbond substituents is 1. The van der Waals surface area contributed by atoms with Gasteiger partial charge in [-0.25, -0.2) is 0 Å². The van der Waals surface area contributed by atoms with Crippen molar-refractivity contribution < 1.29 is 9.90 Å². The first-order valence-corrected chi connectivity index (χ1v) is 6.95. The van der Waals surface area contributed by atoms with E-state index in [1.807, 2.05) is 30.3 Å². The summed E-state index contributed by atoms with van der Waals surface area (Å²) in [5.41, 5.74) is 7.78. The average Bonchev–Trinajstić information content (AvgIpc) is 2.50. The van der Waals surface area contributed by atoms with Crippen molar-refractivity contribution in [3.8, 4) is 5.75 Å². The quantitative estimate of drug-likeness (QED) is 0.885. The van der Waals surface area contributed by atoms with Crippen molar-refractivity contribution >= 4 is 5.91 Å². The lowest BCUT2D eigenvalue weighted by molar-refractivity contribution is 0.0747. The molecule has 1 amide bonds. The number of aromatic hydroxyl groups is 1. The second-order valence-electron chi connectivity index (χ2n) is 4.95. The second-order valence-corrected chi connectivity index (χ2v) is 4.95. The topological polar surface area (TPSA) is 66.6 Å². The first-order chi connectivity index (χ1) is 10.1. The Balaban J connectivity index is 2.25. The first-order valence-electron chi connectivity index (χ1n) is 6.95. The predicted molar refractivity (Wildman–Crippen MR) is 83.1 cm³/mol. The summed E-state index contributed by atoms with van der Waals surface area (Å²) in [6, 6.07) is 14.8. The molecule has 3 N–H and O–H groups in total. The number of carbonyl (C=O) groups excluding carboxylic acids is 1. The predicted octanol–water partition coefficient (Wildman–Crippen LogP) is 2.30. The van der Waals surface area contributed by atoms with Crippen molar-refractivity contribution in [3.05, 3.63) is 65.2 Å².